The van der Waals surface area contributed by atoms with E-state index in [0.717, 1.165) is 30.3 Å². The molecule has 1 fully saturated rings. The van der Waals surface area contributed by atoms with E-state index < -0.39 is 74.7 Å². The molecule has 2 heterocycles. The van der Waals surface area contributed by atoms with Crippen LogP contribution in [0.1, 0.15) is 44.7 Å². The molecule has 0 radical (unpaired) electrons. The summed E-state index contributed by atoms with van der Waals surface area (Å²) in [4.78, 5) is 30.2. The highest BCUT2D eigenvalue weighted by Crippen LogP contribution is 2.35. The van der Waals surface area contributed by atoms with Gasteiger partial charge in [0.2, 0.25) is 15.9 Å². The van der Waals surface area contributed by atoms with Crippen LogP contribution in [0.25, 0.3) is 11.1 Å². The van der Waals surface area contributed by atoms with Crippen LogP contribution in [-0.2, 0) is 29.6 Å². The lowest BCUT2D eigenvalue weighted by Crippen LogP contribution is -2.54. The third-order valence-electron chi connectivity index (χ3n) is 7.62. The summed E-state index contributed by atoms with van der Waals surface area (Å²) in [5, 5.41) is 9.56. The van der Waals surface area contributed by atoms with Gasteiger partial charge in [0.15, 0.2) is 10.8 Å². The van der Waals surface area contributed by atoms with E-state index in [-0.39, 0.29) is 34.9 Å². The number of hydrogen-bond donors (Lipinski definition) is 3. The van der Waals surface area contributed by atoms with E-state index >= 15 is 0 Å². The highest BCUT2D eigenvalue weighted by Gasteiger charge is 2.44. The van der Waals surface area contributed by atoms with Crippen molar-refractivity contribution >= 4 is 31.7 Å². The molecule has 2 aromatic carbocycles. The summed E-state index contributed by atoms with van der Waals surface area (Å²) in [6.45, 7) is 1.53. The van der Waals surface area contributed by atoms with E-state index in [1.54, 1.807) is 6.07 Å². The number of amides is 1. The maximum atomic E-state index is 14.9. The van der Waals surface area contributed by atoms with Gasteiger partial charge < -0.3 is 5.32 Å². The highest BCUT2D eigenvalue weighted by molar-refractivity contribution is 7.89. The standard InChI is InChI=1S/C31H35F4N5O6S2/c1-30(2,32)18-25(29(42)39-24-9-6-16-40(19-26(24)41)48(45,46)27-10-3-4-15-37-27)38-28(31(33,34)35)21-13-11-20(12-14-21)22-7-5-8-23(17-22)47(36,43)44/h3-5,7-8,10-15,17,24-25,28,38H,6,9,16,18-19H2,1-2H3,(H,39,42)(H2,36,43,44)/t24?,25-,28-/m0/s1. The topological polar surface area (TPSA) is 169 Å². The van der Waals surface area contributed by atoms with Gasteiger partial charge in [0.25, 0.3) is 10.0 Å². The number of rotatable bonds is 11. The van der Waals surface area contributed by atoms with Crippen molar-refractivity contribution in [1.29, 1.82) is 0 Å². The third kappa shape index (κ3) is 9.43. The molecule has 11 nitrogen and oxygen atoms in total. The largest absolute Gasteiger partial charge is 0.407 e. The van der Waals surface area contributed by atoms with E-state index in [1.807, 2.05) is 0 Å². The van der Waals surface area contributed by atoms with Gasteiger partial charge in [-0.25, -0.2) is 31.3 Å². The van der Waals surface area contributed by atoms with Gasteiger partial charge in [0.1, 0.15) is 11.7 Å². The number of Topliss-reactive ketones (excluding diaryl/α,β-unsaturated/α-hetero) is 1. The number of nitrogens with two attached hydrogens (primary N) is 1. The second kappa shape index (κ2) is 14.4. The van der Waals surface area contributed by atoms with Crippen molar-refractivity contribution in [2.24, 2.45) is 5.14 Å². The van der Waals surface area contributed by atoms with Gasteiger partial charge in [-0.3, -0.25) is 14.9 Å². The van der Waals surface area contributed by atoms with Crippen molar-refractivity contribution in [3.63, 3.8) is 0 Å². The first-order valence-corrected chi connectivity index (χ1v) is 17.7. The number of nitrogens with one attached hydrogen (secondary N) is 2. The number of hydrogen-bond acceptors (Lipinski definition) is 8. The van der Waals surface area contributed by atoms with Crippen LogP contribution in [0.5, 0.6) is 0 Å². The molecule has 1 saturated heterocycles. The van der Waals surface area contributed by atoms with Crippen molar-refractivity contribution in [1.82, 2.24) is 19.9 Å². The van der Waals surface area contributed by atoms with E-state index in [9.17, 15) is 44.0 Å². The van der Waals surface area contributed by atoms with Crippen LogP contribution in [0.2, 0.25) is 0 Å². The molecule has 1 aliphatic heterocycles. The van der Waals surface area contributed by atoms with Crippen molar-refractivity contribution < 1.29 is 44.0 Å². The minimum Gasteiger partial charge on any atom is -0.345 e. The molecule has 260 valence electrons. The maximum absolute atomic E-state index is 14.9. The van der Waals surface area contributed by atoms with Gasteiger partial charge in [0, 0.05) is 19.2 Å². The van der Waals surface area contributed by atoms with Crippen molar-refractivity contribution in [3.05, 3.63) is 78.5 Å². The van der Waals surface area contributed by atoms with E-state index in [1.165, 1.54) is 54.7 Å². The number of primary sulfonamides is 1. The highest BCUT2D eigenvalue weighted by atomic mass is 32.2. The van der Waals surface area contributed by atoms with Gasteiger partial charge in [0.05, 0.1) is 23.5 Å². The predicted octanol–water partition coefficient (Wildman–Crippen LogP) is 3.63. The summed E-state index contributed by atoms with van der Waals surface area (Å²) in [5.74, 6) is -1.75. The third-order valence-corrected chi connectivity index (χ3v) is 10.3. The average molecular weight is 714 g/mol. The molecule has 4 rings (SSSR count). The Morgan fingerprint density at radius 3 is 2.27 bits per heavy atom. The Kier molecular flexibility index (Phi) is 11.1. The Balaban J connectivity index is 1.55. The van der Waals surface area contributed by atoms with Crippen LogP contribution in [-0.4, -0.2) is 74.8 Å². The first kappa shape index (κ1) is 37.1. The zero-order valence-electron chi connectivity index (χ0n) is 25.9. The zero-order chi connectivity index (χ0) is 35.5. The summed E-state index contributed by atoms with van der Waals surface area (Å²) in [5.41, 5.74) is -1.66. The number of halogens is 4. The number of carbonyl (C=O) groups excluding carboxylic acids is 2. The number of sulfonamides is 2. The van der Waals surface area contributed by atoms with Crippen molar-refractivity contribution in [3.8, 4) is 11.1 Å². The smallest absolute Gasteiger partial charge is 0.345 e. The van der Waals surface area contributed by atoms with Crippen LogP contribution in [0.15, 0.2) is 82.8 Å². The Hall–Kier alpha value is -3.77. The lowest BCUT2D eigenvalue weighted by molar-refractivity contribution is -0.161. The summed E-state index contributed by atoms with van der Waals surface area (Å²) in [6, 6.07) is 9.33. The number of nitrogens with zero attached hydrogens (tertiary/aromatic N) is 2. The number of alkyl halides is 4. The molecule has 0 aliphatic carbocycles. The Labute approximate surface area is 276 Å². The average Bonchev–Trinajstić information content (AvgIpc) is 3.19. The van der Waals surface area contributed by atoms with E-state index in [4.69, 9.17) is 5.14 Å². The van der Waals surface area contributed by atoms with Crippen LogP contribution in [0.4, 0.5) is 17.6 Å². The minimum atomic E-state index is -4.95. The number of pyridine rings is 1. The summed E-state index contributed by atoms with van der Waals surface area (Å²) in [7, 11) is -8.16. The predicted molar refractivity (Wildman–Crippen MR) is 168 cm³/mol. The molecule has 0 saturated carbocycles. The normalized spacial score (nSPS) is 18.1. The lowest BCUT2D eigenvalue weighted by atomic mass is 9.96. The zero-order valence-corrected chi connectivity index (χ0v) is 27.6. The summed E-state index contributed by atoms with van der Waals surface area (Å²) >= 11 is 0. The monoisotopic (exact) mass is 713 g/mol. The summed E-state index contributed by atoms with van der Waals surface area (Å²) in [6.07, 6.45) is -4.21. The molecular weight excluding hydrogens is 678 g/mol. The number of benzene rings is 2. The molecule has 17 heteroatoms. The first-order chi connectivity index (χ1) is 22.3. The fraction of sp³-hybridized carbons (Fsp3) is 0.387. The van der Waals surface area contributed by atoms with E-state index in [0.29, 0.717) is 11.1 Å². The molecule has 3 aromatic rings. The molecule has 1 unspecified atom stereocenters. The Bertz CT molecular complexity index is 1840. The molecular formula is C31H35F4N5O6S2. The number of ketones is 1. The quantitative estimate of drug-likeness (QED) is 0.253. The van der Waals surface area contributed by atoms with Gasteiger partial charge >= 0.3 is 6.18 Å². The van der Waals surface area contributed by atoms with Gasteiger partial charge in [-0.15, -0.1) is 0 Å². The molecule has 1 amide bonds. The Morgan fingerprint density at radius 1 is 1.00 bits per heavy atom. The van der Waals surface area contributed by atoms with Crippen LogP contribution >= 0.6 is 0 Å². The van der Waals surface area contributed by atoms with Crippen molar-refractivity contribution in [2.45, 2.75) is 73.0 Å². The Morgan fingerprint density at radius 2 is 1.69 bits per heavy atom. The molecule has 0 spiro atoms. The van der Waals surface area contributed by atoms with Gasteiger partial charge in [-0.1, -0.05) is 42.5 Å². The molecule has 1 aliphatic rings. The van der Waals surface area contributed by atoms with Gasteiger partial charge in [-0.2, -0.15) is 17.5 Å². The minimum absolute atomic E-state index is 0.00136. The van der Waals surface area contributed by atoms with Crippen molar-refractivity contribution in [2.75, 3.05) is 13.1 Å². The second-order valence-electron chi connectivity index (χ2n) is 12.0. The first-order valence-electron chi connectivity index (χ1n) is 14.7. The molecule has 0 bridgehead atoms. The molecule has 3 atom stereocenters. The fourth-order valence-electron chi connectivity index (χ4n) is 5.27. The lowest BCUT2D eigenvalue weighted by Gasteiger charge is -2.31. The number of aromatic nitrogens is 1. The molecule has 4 N–H and O–H groups in total. The number of carbonyl (C=O) groups is 2. The van der Waals surface area contributed by atoms with Crippen LogP contribution < -0.4 is 15.8 Å². The SMILES string of the molecule is CC(C)(F)C[C@H](N[C@@H](c1ccc(-c2cccc(S(N)(=O)=O)c2)cc1)C(F)(F)F)C(=O)NC1CCCN(S(=O)(=O)c2ccccn2)CC1=O. The fourth-order valence-corrected chi connectivity index (χ4v) is 7.21. The summed E-state index contributed by atoms with van der Waals surface area (Å²) < 4.78 is 109. The van der Waals surface area contributed by atoms with E-state index in [2.05, 4.69) is 15.6 Å². The van der Waals surface area contributed by atoms with Crippen LogP contribution in [0.3, 0.4) is 0 Å². The second-order valence-corrected chi connectivity index (χ2v) is 15.4. The molecule has 48 heavy (non-hydrogen) atoms. The maximum Gasteiger partial charge on any atom is 0.407 e. The molecule has 1 aromatic heterocycles. The van der Waals surface area contributed by atoms with Gasteiger partial charge in [-0.05, 0) is 67.6 Å². The van der Waals surface area contributed by atoms with Crippen LogP contribution in [0, 0.1) is 0 Å².